The summed E-state index contributed by atoms with van der Waals surface area (Å²) < 4.78 is 27.5. The number of sulfonamides is 1. The van der Waals surface area contributed by atoms with Crippen molar-refractivity contribution < 1.29 is 13.5 Å². The quantitative estimate of drug-likeness (QED) is 0.372. The zero-order valence-corrected chi connectivity index (χ0v) is 20.4. The lowest BCUT2D eigenvalue weighted by Gasteiger charge is -2.26. The van der Waals surface area contributed by atoms with Gasteiger partial charge in [-0.05, 0) is 66.6 Å². The fourth-order valence-electron chi connectivity index (χ4n) is 4.05. The number of phenols is 1. The van der Waals surface area contributed by atoms with Crippen LogP contribution in [0.3, 0.4) is 0 Å². The van der Waals surface area contributed by atoms with Crippen molar-refractivity contribution in [1.82, 2.24) is 24.8 Å². The molecule has 1 aromatic heterocycles. The van der Waals surface area contributed by atoms with E-state index in [-0.39, 0.29) is 16.6 Å². The van der Waals surface area contributed by atoms with Gasteiger partial charge in [-0.25, -0.2) is 13.4 Å². The summed E-state index contributed by atoms with van der Waals surface area (Å²) in [6, 6.07) is 15.1. The van der Waals surface area contributed by atoms with Crippen LogP contribution in [0.25, 0.3) is 22.2 Å². The molecule has 35 heavy (non-hydrogen) atoms. The molecule has 0 amide bonds. The highest BCUT2D eigenvalue weighted by Gasteiger charge is 2.26. The lowest BCUT2D eigenvalue weighted by molar-refractivity contribution is 0.360. The Bertz CT molecular complexity index is 1520. The van der Waals surface area contributed by atoms with Gasteiger partial charge in [0.1, 0.15) is 11.3 Å². The van der Waals surface area contributed by atoms with Gasteiger partial charge in [-0.2, -0.15) is 4.31 Å². The number of aryl methyl sites for hydroxylation is 1. The highest BCUT2D eigenvalue weighted by molar-refractivity contribution is 7.89. The largest absolute Gasteiger partial charge is 0.508 e. The first-order valence-corrected chi connectivity index (χ1v) is 12.8. The summed E-state index contributed by atoms with van der Waals surface area (Å²) in [7, 11) is -3.59. The molecule has 0 atom stereocenters. The van der Waals surface area contributed by atoms with Gasteiger partial charge in [0.2, 0.25) is 16.0 Å². The van der Waals surface area contributed by atoms with Gasteiger partial charge in [0, 0.05) is 42.5 Å². The van der Waals surface area contributed by atoms with Gasteiger partial charge < -0.3 is 15.7 Å². The third-order valence-electron chi connectivity index (χ3n) is 5.82. The number of fused-ring (bicyclic) bond motifs is 1. The Kier molecular flexibility index (Phi) is 6.28. The summed E-state index contributed by atoms with van der Waals surface area (Å²) in [5, 5.41) is 25.1. The van der Waals surface area contributed by atoms with Crippen LogP contribution in [-0.4, -0.2) is 59.2 Å². The van der Waals surface area contributed by atoms with Crippen molar-refractivity contribution in [1.29, 1.82) is 0 Å². The SMILES string of the molecule is Cc1cc(-c2cc(O)ccc2Cl)cc2nnc(Nc3cccc(S(=O)(=O)N4CCNCC4)c3)nc12. The van der Waals surface area contributed by atoms with Crippen LogP contribution in [0.1, 0.15) is 5.56 Å². The standard InChI is InChI=1S/C24H23ClN6O3S/c1-15-11-16(20-14-18(32)5-6-21(20)25)12-22-23(15)28-24(30-29-22)27-17-3-2-4-19(13-17)35(33,34)31-9-7-26-8-10-31/h2-6,11-14,26,32H,7-10H2,1H3,(H,27,28,30). The van der Waals surface area contributed by atoms with E-state index in [4.69, 9.17) is 11.6 Å². The van der Waals surface area contributed by atoms with Crippen LogP contribution in [-0.2, 0) is 10.0 Å². The van der Waals surface area contributed by atoms with E-state index in [2.05, 4.69) is 25.8 Å². The van der Waals surface area contributed by atoms with Crippen LogP contribution in [0.15, 0.2) is 59.5 Å². The fraction of sp³-hybridized carbons (Fsp3) is 0.208. The number of phenolic OH excluding ortho intramolecular Hbond substituents is 1. The van der Waals surface area contributed by atoms with Crippen molar-refractivity contribution in [3.8, 4) is 16.9 Å². The summed E-state index contributed by atoms with van der Waals surface area (Å²) in [6.07, 6.45) is 0. The van der Waals surface area contributed by atoms with E-state index in [1.807, 2.05) is 19.1 Å². The van der Waals surface area contributed by atoms with Crippen LogP contribution in [0.4, 0.5) is 11.6 Å². The van der Waals surface area contributed by atoms with E-state index in [0.717, 1.165) is 11.1 Å². The molecule has 4 aromatic rings. The van der Waals surface area contributed by atoms with E-state index in [1.165, 1.54) is 10.4 Å². The molecule has 0 unspecified atom stereocenters. The molecule has 1 fully saturated rings. The minimum Gasteiger partial charge on any atom is -0.508 e. The molecule has 1 aliphatic rings. The zero-order valence-electron chi connectivity index (χ0n) is 18.9. The molecular weight excluding hydrogens is 488 g/mol. The van der Waals surface area contributed by atoms with Gasteiger partial charge in [0.15, 0.2) is 0 Å². The molecule has 0 bridgehead atoms. The first kappa shape index (κ1) is 23.4. The molecule has 1 saturated heterocycles. The maximum atomic E-state index is 13.0. The first-order chi connectivity index (χ1) is 16.8. The minimum absolute atomic E-state index is 0.118. The molecule has 9 nitrogen and oxygen atoms in total. The van der Waals surface area contributed by atoms with Gasteiger partial charge in [-0.15, -0.1) is 10.2 Å². The highest BCUT2D eigenvalue weighted by Crippen LogP contribution is 2.33. The van der Waals surface area contributed by atoms with Crippen molar-refractivity contribution in [3.63, 3.8) is 0 Å². The summed E-state index contributed by atoms with van der Waals surface area (Å²) >= 11 is 6.32. The van der Waals surface area contributed by atoms with E-state index in [1.54, 1.807) is 36.4 Å². The zero-order chi connectivity index (χ0) is 24.6. The molecule has 0 saturated carbocycles. The predicted molar refractivity (Wildman–Crippen MR) is 136 cm³/mol. The lowest BCUT2D eigenvalue weighted by Crippen LogP contribution is -2.46. The van der Waals surface area contributed by atoms with Crippen molar-refractivity contribution in [3.05, 3.63) is 65.2 Å². The molecule has 3 aromatic carbocycles. The highest BCUT2D eigenvalue weighted by atomic mass is 35.5. The Morgan fingerprint density at radius 2 is 1.86 bits per heavy atom. The molecule has 180 valence electrons. The van der Waals surface area contributed by atoms with Gasteiger partial charge in [-0.1, -0.05) is 17.7 Å². The number of piperazine rings is 1. The number of anilines is 2. The second kappa shape index (κ2) is 9.38. The van der Waals surface area contributed by atoms with E-state index >= 15 is 0 Å². The van der Waals surface area contributed by atoms with Crippen molar-refractivity contribution >= 4 is 44.3 Å². The number of hydrogen-bond acceptors (Lipinski definition) is 8. The first-order valence-electron chi connectivity index (χ1n) is 11.0. The molecule has 11 heteroatoms. The van der Waals surface area contributed by atoms with E-state index in [0.29, 0.717) is 53.5 Å². The third-order valence-corrected chi connectivity index (χ3v) is 8.04. The molecule has 0 radical (unpaired) electrons. The number of aromatic hydroxyl groups is 1. The lowest BCUT2D eigenvalue weighted by atomic mass is 10.0. The number of halogens is 1. The average molecular weight is 511 g/mol. The Morgan fingerprint density at radius 1 is 1.06 bits per heavy atom. The Hall–Kier alpha value is -3.31. The molecule has 5 rings (SSSR count). The molecule has 2 heterocycles. The second-order valence-corrected chi connectivity index (χ2v) is 10.6. The normalized spacial score (nSPS) is 14.8. The second-order valence-electron chi connectivity index (χ2n) is 8.27. The van der Waals surface area contributed by atoms with Crippen LogP contribution in [0, 0.1) is 6.92 Å². The summed E-state index contributed by atoms with van der Waals surface area (Å²) in [5.41, 5.74) is 4.09. The van der Waals surface area contributed by atoms with Crippen molar-refractivity contribution in [2.24, 2.45) is 0 Å². The van der Waals surface area contributed by atoms with Crippen molar-refractivity contribution in [2.45, 2.75) is 11.8 Å². The van der Waals surface area contributed by atoms with Crippen LogP contribution in [0.5, 0.6) is 5.75 Å². The monoisotopic (exact) mass is 510 g/mol. The number of rotatable bonds is 5. The minimum atomic E-state index is -3.59. The van der Waals surface area contributed by atoms with Crippen molar-refractivity contribution in [2.75, 3.05) is 31.5 Å². The van der Waals surface area contributed by atoms with Crippen LogP contribution >= 0.6 is 11.6 Å². The maximum Gasteiger partial charge on any atom is 0.247 e. The molecular formula is C24H23ClN6O3S. The van der Waals surface area contributed by atoms with Gasteiger partial charge in [0.25, 0.3) is 0 Å². The smallest absolute Gasteiger partial charge is 0.247 e. The van der Waals surface area contributed by atoms with Crippen LogP contribution < -0.4 is 10.6 Å². The topological polar surface area (TPSA) is 120 Å². The Labute approximate surface area is 207 Å². The maximum absolute atomic E-state index is 13.0. The number of hydrogen-bond donors (Lipinski definition) is 3. The average Bonchev–Trinajstić information content (AvgIpc) is 2.86. The van der Waals surface area contributed by atoms with Gasteiger partial charge >= 0.3 is 0 Å². The molecule has 3 N–H and O–H groups in total. The van der Waals surface area contributed by atoms with E-state index in [9.17, 15) is 13.5 Å². The molecule has 0 aliphatic carbocycles. The summed E-state index contributed by atoms with van der Waals surface area (Å²) in [4.78, 5) is 4.80. The predicted octanol–water partition coefficient (Wildman–Crippen LogP) is 3.70. The number of nitrogens with zero attached hydrogens (tertiary/aromatic N) is 4. The number of nitrogens with one attached hydrogen (secondary N) is 2. The van der Waals surface area contributed by atoms with E-state index < -0.39 is 10.0 Å². The summed E-state index contributed by atoms with van der Waals surface area (Å²) in [6.45, 7) is 4.04. The van der Waals surface area contributed by atoms with Gasteiger partial charge in [-0.3, -0.25) is 0 Å². The van der Waals surface area contributed by atoms with Gasteiger partial charge in [0.05, 0.1) is 10.4 Å². The number of aromatic nitrogens is 3. The summed E-state index contributed by atoms with van der Waals surface area (Å²) in [5.74, 6) is 0.368. The fourth-order valence-corrected chi connectivity index (χ4v) is 5.77. The Morgan fingerprint density at radius 3 is 2.66 bits per heavy atom. The van der Waals surface area contributed by atoms with Crippen LogP contribution in [0.2, 0.25) is 5.02 Å². The molecule has 0 spiro atoms. The Balaban J connectivity index is 1.44. The molecule has 1 aliphatic heterocycles. The number of benzene rings is 3. The third kappa shape index (κ3) is 4.78.